The summed E-state index contributed by atoms with van der Waals surface area (Å²) in [5.41, 5.74) is 3.21. The summed E-state index contributed by atoms with van der Waals surface area (Å²) in [6, 6.07) is 14.5. The molecule has 0 aliphatic heterocycles. The van der Waals surface area contributed by atoms with Crippen LogP contribution >= 0.6 is 0 Å². The van der Waals surface area contributed by atoms with Gasteiger partial charge in [-0.15, -0.1) is 0 Å². The zero-order valence-electron chi connectivity index (χ0n) is 12.5. The molecule has 0 heterocycles. The Bertz CT molecular complexity index is 686. The Hall–Kier alpha value is -2.36. The Morgan fingerprint density at radius 1 is 1.23 bits per heavy atom. The summed E-state index contributed by atoms with van der Waals surface area (Å²) in [6.45, 7) is 2.53. The number of carbonyl (C=O) groups is 1. The van der Waals surface area contributed by atoms with E-state index < -0.39 is 0 Å². The summed E-state index contributed by atoms with van der Waals surface area (Å²) in [7, 11) is 0. The number of amides is 2. The van der Waals surface area contributed by atoms with E-state index in [1.165, 1.54) is 12.1 Å². The molecular formula is C18H19FN2O. The van der Waals surface area contributed by atoms with Gasteiger partial charge < -0.3 is 10.6 Å². The number of benzene rings is 2. The fourth-order valence-corrected chi connectivity index (χ4v) is 2.66. The van der Waals surface area contributed by atoms with Gasteiger partial charge in [-0.05, 0) is 42.2 Å². The van der Waals surface area contributed by atoms with Crippen LogP contribution in [0.4, 0.5) is 9.18 Å². The molecule has 3 nitrogen and oxygen atoms in total. The Balaban J connectivity index is 1.49. The third kappa shape index (κ3) is 3.45. The van der Waals surface area contributed by atoms with E-state index >= 15 is 0 Å². The van der Waals surface area contributed by atoms with E-state index in [4.69, 9.17) is 0 Å². The standard InChI is InChI=1S/C18H19FN2O/c1-12-5-2-3-6-14(12)11-20-18(22)21-17-10-16(17)13-7-4-8-15(19)9-13/h2-9,16-17H,10-11H2,1H3,(H2,20,21,22). The van der Waals surface area contributed by atoms with Crippen LogP contribution in [0.1, 0.15) is 29.0 Å². The molecule has 2 aromatic rings. The highest BCUT2D eigenvalue weighted by molar-refractivity contribution is 5.75. The van der Waals surface area contributed by atoms with Crippen molar-refractivity contribution < 1.29 is 9.18 Å². The van der Waals surface area contributed by atoms with E-state index in [0.29, 0.717) is 6.54 Å². The SMILES string of the molecule is Cc1ccccc1CNC(=O)NC1CC1c1cccc(F)c1. The average molecular weight is 298 g/mol. The van der Waals surface area contributed by atoms with E-state index in [1.807, 2.05) is 37.3 Å². The van der Waals surface area contributed by atoms with Crippen molar-refractivity contribution in [1.29, 1.82) is 0 Å². The fraction of sp³-hybridized carbons (Fsp3) is 0.278. The van der Waals surface area contributed by atoms with Crippen molar-refractivity contribution in [2.75, 3.05) is 0 Å². The number of hydrogen-bond acceptors (Lipinski definition) is 1. The Morgan fingerprint density at radius 3 is 2.82 bits per heavy atom. The van der Waals surface area contributed by atoms with E-state index in [9.17, 15) is 9.18 Å². The van der Waals surface area contributed by atoms with Gasteiger partial charge in [0.15, 0.2) is 0 Å². The third-order valence-corrected chi connectivity index (χ3v) is 4.08. The maximum Gasteiger partial charge on any atom is 0.315 e. The molecule has 2 amide bonds. The first-order chi connectivity index (χ1) is 10.6. The first kappa shape index (κ1) is 14.6. The number of nitrogens with one attached hydrogen (secondary N) is 2. The molecule has 0 aromatic heterocycles. The molecule has 0 radical (unpaired) electrons. The van der Waals surface area contributed by atoms with Gasteiger partial charge in [0.25, 0.3) is 0 Å². The lowest BCUT2D eigenvalue weighted by molar-refractivity contribution is 0.240. The molecular weight excluding hydrogens is 279 g/mol. The van der Waals surface area contributed by atoms with Gasteiger partial charge in [-0.3, -0.25) is 0 Å². The Labute approximate surface area is 129 Å². The summed E-state index contributed by atoms with van der Waals surface area (Å²) in [5, 5.41) is 5.81. The van der Waals surface area contributed by atoms with Gasteiger partial charge >= 0.3 is 6.03 Å². The van der Waals surface area contributed by atoms with E-state index in [0.717, 1.165) is 23.1 Å². The normalized spacial score (nSPS) is 19.5. The first-order valence-corrected chi connectivity index (χ1v) is 7.48. The highest BCUT2D eigenvalue weighted by atomic mass is 19.1. The van der Waals surface area contributed by atoms with Crippen LogP contribution in [0.5, 0.6) is 0 Å². The molecule has 1 fully saturated rings. The van der Waals surface area contributed by atoms with Crippen molar-refractivity contribution in [3.05, 3.63) is 71.0 Å². The maximum atomic E-state index is 13.2. The molecule has 1 aliphatic rings. The topological polar surface area (TPSA) is 41.1 Å². The van der Waals surface area contributed by atoms with E-state index in [1.54, 1.807) is 6.07 Å². The van der Waals surface area contributed by atoms with E-state index in [2.05, 4.69) is 10.6 Å². The third-order valence-electron chi connectivity index (χ3n) is 4.08. The molecule has 1 saturated carbocycles. The molecule has 4 heteroatoms. The van der Waals surface area contributed by atoms with Crippen molar-refractivity contribution in [1.82, 2.24) is 10.6 Å². The highest BCUT2D eigenvalue weighted by Gasteiger charge is 2.39. The number of rotatable bonds is 4. The van der Waals surface area contributed by atoms with Crippen molar-refractivity contribution >= 4 is 6.03 Å². The summed E-state index contributed by atoms with van der Waals surface area (Å²) < 4.78 is 13.2. The zero-order chi connectivity index (χ0) is 15.5. The van der Waals surface area contributed by atoms with Crippen LogP contribution in [0.15, 0.2) is 48.5 Å². The predicted molar refractivity (Wildman–Crippen MR) is 84.1 cm³/mol. The lowest BCUT2D eigenvalue weighted by Gasteiger charge is -2.09. The second-order valence-corrected chi connectivity index (χ2v) is 5.76. The van der Waals surface area contributed by atoms with Gasteiger partial charge in [0, 0.05) is 18.5 Å². The molecule has 114 valence electrons. The maximum absolute atomic E-state index is 13.2. The first-order valence-electron chi connectivity index (χ1n) is 7.48. The van der Waals surface area contributed by atoms with Gasteiger partial charge in [-0.25, -0.2) is 9.18 Å². The largest absolute Gasteiger partial charge is 0.335 e. The van der Waals surface area contributed by atoms with Crippen molar-refractivity contribution in [2.24, 2.45) is 0 Å². The number of halogens is 1. The van der Waals surface area contributed by atoms with Crippen LogP contribution in [0.25, 0.3) is 0 Å². The predicted octanol–water partition coefficient (Wildman–Crippen LogP) is 3.49. The molecule has 1 aliphatic carbocycles. The molecule has 2 atom stereocenters. The van der Waals surface area contributed by atoms with Crippen LogP contribution in [-0.2, 0) is 6.54 Å². The van der Waals surface area contributed by atoms with Crippen LogP contribution in [0, 0.1) is 12.7 Å². The average Bonchev–Trinajstić information content (AvgIpc) is 3.25. The number of hydrogen-bond donors (Lipinski definition) is 2. The fourth-order valence-electron chi connectivity index (χ4n) is 2.66. The van der Waals surface area contributed by atoms with Crippen LogP contribution in [-0.4, -0.2) is 12.1 Å². The molecule has 22 heavy (non-hydrogen) atoms. The van der Waals surface area contributed by atoms with Crippen LogP contribution < -0.4 is 10.6 Å². The number of carbonyl (C=O) groups excluding carboxylic acids is 1. The molecule has 0 spiro atoms. The van der Waals surface area contributed by atoms with Crippen LogP contribution in [0.3, 0.4) is 0 Å². The minimum atomic E-state index is -0.229. The van der Waals surface area contributed by atoms with Crippen molar-refractivity contribution in [3.8, 4) is 0 Å². The zero-order valence-corrected chi connectivity index (χ0v) is 12.5. The lowest BCUT2D eigenvalue weighted by Crippen LogP contribution is -2.37. The Kier molecular flexibility index (Phi) is 4.09. The molecule has 3 rings (SSSR count). The lowest BCUT2D eigenvalue weighted by atomic mass is 10.1. The molecule has 0 saturated heterocycles. The second-order valence-electron chi connectivity index (χ2n) is 5.76. The summed E-state index contributed by atoms with van der Waals surface area (Å²) in [4.78, 5) is 11.9. The number of aryl methyl sites for hydroxylation is 1. The van der Waals surface area contributed by atoms with Crippen LogP contribution in [0.2, 0.25) is 0 Å². The van der Waals surface area contributed by atoms with Crippen molar-refractivity contribution in [2.45, 2.75) is 31.8 Å². The van der Waals surface area contributed by atoms with Gasteiger partial charge in [0.05, 0.1) is 0 Å². The van der Waals surface area contributed by atoms with Gasteiger partial charge in [-0.2, -0.15) is 0 Å². The quantitative estimate of drug-likeness (QED) is 0.891. The molecule has 0 bridgehead atoms. The Morgan fingerprint density at radius 2 is 2.05 bits per heavy atom. The second kappa shape index (κ2) is 6.18. The summed E-state index contributed by atoms with van der Waals surface area (Å²) in [6.07, 6.45) is 0.862. The monoisotopic (exact) mass is 298 g/mol. The molecule has 2 unspecified atom stereocenters. The highest BCUT2D eigenvalue weighted by Crippen LogP contribution is 2.40. The minimum absolute atomic E-state index is 0.0960. The van der Waals surface area contributed by atoms with Gasteiger partial charge in [0.1, 0.15) is 5.82 Å². The van der Waals surface area contributed by atoms with Gasteiger partial charge in [0.2, 0.25) is 0 Å². The molecule has 2 aromatic carbocycles. The summed E-state index contributed by atoms with van der Waals surface area (Å²) in [5.74, 6) is -0.00735. The summed E-state index contributed by atoms with van der Waals surface area (Å²) >= 11 is 0. The van der Waals surface area contributed by atoms with Gasteiger partial charge in [-0.1, -0.05) is 36.4 Å². The molecule has 2 N–H and O–H groups in total. The smallest absolute Gasteiger partial charge is 0.315 e. The van der Waals surface area contributed by atoms with Crippen molar-refractivity contribution in [3.63, 3.8) is 0 Å². The van der Waals surface area contributed by atoms with E-state index in [-0.39, 0.29) is 23.8 Å². The number of urea groups is 1. The minimum Gasteiger partial charge on any atom is -0.335 e.